The summed E-state index contributed by atoms with van der Waals surface area (Å²) in [4.78, 5) is 28.0. The number of hydrogen-bond acceptors (Lipinski definition) is 5. The Morgan fingerprint density at radius 3 is 2.73 bits per heavy atom. The molecule has 1 saturated heterocycles. The van der Waals surface area contributed by atoms with Gasteiger partial charge in [0.25, 0.3) is 0 Å². The second-order valence-corrected chi connectivity index (χ2v) is 7.09. The SMILES string of the molecule is COc1ccc(NC(=O)C2CCCN2C(=O)Cc2cccs2)cc1OC. The van der Waals surface area contributed by atoms with Crippen molar-refractivity contribution >= 4 is 28.8 Å². The molecule has 1 atom stereocenters. The first-order chi connectivity index (χ1) is 12.6. The number of carbonyl (C=O) groups excluding carboxylic acids is 2. The van der Waals surface area contributed by atoms with Crippen LogP contribution in [-0.4, -0.2) is 43.5 Å². The smallest absolute Gasteiger partial charge is 0.247 e. The summed E-state index contributed by atoms with van der Waals surface area (Å²) < 4.78 is 10.5. The molecule has 0 saturated carbocycles. The van der Waals surface area contributed by atoms with E-state index in [1.54, 1.807) is 48.7 Å². The number of anilines is 1. The molecule has 0 radical (unpaired) electrons. The zero-order valence-corrected chi connectivity index (χ0v) is 15.7. The van der Waals surface area contributed by atoms with Crippen LogP contribution in [0, 0.1) is 0 Å². The predicted molar refractivity (Wildman–Crippen MR) is 101 cm³/mol. The molecule has 1 aromatic heterocycles. The summed E-state index contributed by atoms with van der Waals surface area (Å²) in [5.74, 6) is 0.966. The minimum atomic E-state index is -0.435. The van der Waals surface area contributed by atoms with Crippen LogP contribution in [-0.2, 0) is 16.0 Å². The van der Waals surface area contributed by atoms with Gasteiger partial charge in [0, 0.05) is 23.2 Å². The summed E-state index contributed by atoms with van der Waals surface area (Å²) >= 11 is 1.56. The number of hydrogen-bond donors (Lipinski definition) is 1. The summed E-state index contributed by atoms with van der Waals surface area (Å²) in [6.07, 6.45) is 1.85. The van der Waals surface area contributed by atoms with Gasteiger partial charge in [-0.2, -0.15) is 0 Å². The van der Waals surface area contributed by atoms with E-state index in [9.17, 15) is 9.59 Å². The Hall–Kier alpha value is -2.54. The van der Waals surface area contributed by atoms with Crippen molar-refractivity contribution in [3.63, 3.8) is 0 Å². The molecule has 0 aliphatic carbocycles. The van der Waals surface area contributed by atoms with Gasteiger partial charge in [-0.05, 0) is 36.4 Å². The minimum absolute atomic E-state index is 0.00240. The predicted octanol–water partition coefficient (Wildman–Crippen LogP) is 2.94. The van der Waals surface area contributed by atoms with E-state index >= 15 is 0 Å². The maximum atomic E-state index is 12.7. The van der Waals surface area contributed by atoms with E-state index in [0.29, 0.717) is 36.6 Å². The van der Waals surface area contributed by atoms with Gasteiger partial charge in [0.1, 0.15) is 6.04 Å². The summed E-state index contributed by atoms with van der Waals surface area (Å²) in [5.41, 5.74) is 0.616. The Bertz CT molecular complexity index is 776. The Balaban J connectivity index is 1.67. The molecule has 3 rings (SSSR count). The number of likely N-dealkylation sites (tertiary alicyclic amines) is 1. The molecule has 26 heavy (non-hydrogen) atoms. The molecule has 2 heterocycles. The maximum absolute atomic E-state index is 12.7. The Labute approximate surface area is 156 Å². The van der Waals surface area contributed by atoms with E-state index < -0.39 is 6.04 Å². The van der Waals surface area contributed by atoms with Gasteiger partial charge in [-0.3, -0.25) is 9.59 Å². The molecular weight excluding hydrogens is 352 g/mol. The fourth-order valence-electron chi connectivity index (χ4n) is 3.14. The van der Waals surface area contributed by atoms with Crippen molar-refractivity contribution < 1.29 is 19.1 Å². The van der Waals surface area contributed by atoms with Gasteiger partial charge in [-0.25, -0.2) is 0 Å². The average Bonchev–Trinajstić information content (AvgIpc) is 3.33. The number of nitrogens with one attached hydrogen (secondary N) is 1. The van der Waals surface area contributed by atoms with Crippen molar-refractivity contribution in [3.05, 3.63) is 40.6 Å². The first-order valence-corrected chi connectivity index (χ1v) is 9.35. The Morgan fingerprint density at radius 2 is 2.04 bits per heavy atom. The summed E-state index contributed by atoms with van der Waals surface area (Å²) in [7, 11) is 3.11. The molecule has 2 amide bonds. The first-order valence-electron chi connectivity index (χ1n) is 8.47. The quantitative estimate of drug-likeness (QED) is 0.844. The molecule has 138 valence electrons. The van der Waals surface area contributed by atoms with Crippen molar-refractivity contribution in [1.82, 2.24) is 4.90 Å². The van der Waals surface area contributed by atoms with Crippen LogP contribution >= 0.6 is 11.3 Å². The lowest BCUT2D eigenvalue weighted by Crippen LogP contribution is -2.43. The number of amides is 2. The third-order valence-corrected chi connectivity index (χ3v) is 5.31. The molecule has 1 fully saturated rings. The molecule has 1 N–H and O–H groups in total. The lowest BCUT2D eigenvalue weighted by Gasteiger charge is -2.24. The number of carbonyl (C=O) groups is 2. The minimum Gasteiger partial charge on any atom is -0.493 e. The number of nitrogens with zero attached hydrogens (tertiary/aromatic N) is 1. The monoisotopic (exact) mass is 374 g/mol. The molecule has 1 aliphatic heterocycles. The van der Waals surface area contributed by atoms with Crippen LogP contribution < -0.4 is 14.8 Å². The molecule has 0 spiro atoms. The normalized spacial score (nSPS) is 16.4. The summed E-state index contributed by atoms with van der Waals surface area (Å²) in [6.45, 7) is 0.619. The number of methoxy groups -OCH3 is 2. The van der Waals surface area contributed by atoms with E-state index in [-0.39, 0.29) is 11.8 Å². The van der Waals surface area contributed by atoms with E-state index in [4.69, 9.17) is 9.47 Å². The van der Waals surface area contributed by atoms with Crippen LogP contribution in [0.4, 0.5) is 5.69 Å². The van der Waals surface area contributed by atoms with Gasteiger partial charge in [0.15, 0.2) is 11.5 Å². The van der Waals surface area contributed by atoms with Gasteiger partial charge >= 0.3 is 0 Å². The highest BCUT2D eigenvalue weighted by Crippen LogP contribution is 2.30. The largest absolute Gasteiger partial charge is 0.493 e. The molecule has 7 heteroatoms. The number of ether oxygens (including phenoxy) is 2. The molecule has 1 aliphatic rings. The summed E-state index contributed by atoms with van der Waals surface area (Å²) in [5, 5.41) is 4.84. The third kappa shape index (κ3) is 3.99. The van der Waals surface area contributed by atoms with Crippen molar-refractivity contribution in [3.8, 4) is 11.5 Å². The van der Waals surface area contributed by atoms with Crippen molar-refractivity contribution in [2.45, 2.75) is 25.3 Å². The highest BCUT2D eigenvalue weighted by atomic mass is 32.1. The lowest BCUT2D eigenvalue weighted by molar-refractivity contribution is -0.136. The van der Waals surface area contributed by atoms with Gasteiger partial charge in [0.2, 0.25) is 11.8 Å². The highest BCUT2D eigenvalue weighted by Gasteiger charge is 2.34. The fourth-order valence-corrected chi connectivity index (χ4v) is 3.84. The second-order valence-electron chi connectivity index (χ2n) is 6.06. The van der Waals surface area contributed by atoms with Crippen molar-refractivity contribution in [2.75, 3.05) is 26.1 Å². The van der Waals surface area contributed by atoms with Gasteiger partial charge < -0.3 is 19.7 Å². The Kier molecular flexibility index (Phi) is 5.78. The number of benzene rings is 1. The number of thiophene rings is 1. The maximum Gasteiger partial charge on any atom is 0.247 e. The third-order valence-electron chi connectivity index (χ3n) is 4.43. The van der Waals surface area contributed by atoms with E-state index in [2.05, 4.69) is 5.32 Å². The van der Waals surface area contributed by atoms with Crippen LogP contribution in [0.15, 0.2) is 35.7 Å². The first kappa shape index (κ1) is 18.3. The molecular formula is C19H22N2O4S. The van der Waals surface area contributed by atoms with E-state index in [1.165, 1.54) is 0 Å². The zero-order chi connectivity index (χ0) is 18.5. The van der Waals surface area contributed by atoms with Crippen molar-refractivity contribution in [2.24, 2.45) is 0 Å². The topological polar surface area (TPSA) is 67.9 Å². The Morgan fingerprint density at radius 1 is 1.23 bits per heavy atom. The fraction of sp³-hybridized carbons (Fsp3) is 0.368. The van der Waals surface area contributed by atoms with Crippen molar-refractivity contribution in [1.29, 1.82) is 0 Å². The second kappa shape index (κ2) is 8.23. The average molecular weight is 374 g/mol. The standard InChI is InChI=1S/C19H22N2O4S/c1-24-16-8-7-13(11-17(16)25-2)20-19(23)15-6-3-9-21(15)18(22)12-14-5-4-10-26-14/h4-5,7-8,10-11,15H,3,6,9,12H2,1-2H3,(H,20,23). The van der Waals surface area contributed by atoms with Crippen LogP contribution in [0.3, 0.4) is 0 Å². The van der Waals surface area contributed by atoms with Crippen LogP contribution in [0.1, 0.15) is 17.7 Å². The highest BCUT2D eigenvalue weighted by molar-refractivity contribution is 7.10. The van der Waals surface area contributed by atoms with Crippen LogP contribution in [0.5, 0.6) is 11.5 Å². The van der Waals surface area contributed by atoms with Crippen LogP contribution in [0.2, 0.25) is 0 Å². The van der Waals surface area contributed by atoms with Gasteiger partial charge in [0.05, 0.1) is 20.6 Å². The lowest BCUT2D eigenvalue weighted by atomic mass is 10.2. The molecule has 1 unspecified atom stereocenters. The van der Waals surface area contributed by atoms with Gasteiger partial charge in [-0.1, -0.05) is 6.07 Å². The number of rotatable bonds is 6. The molecule has 2 aromatic rings. The molecule has 6 nitrogen and oxygen atoms in total. The van der Waals surface area contributed by atoms with Crippen LogP contribution in [0.25, 0.3) is 0 Å². The molecule has 1 aromatic carbocycles. The van der Waals surface area contributed by atoms with E-state index in [1.807, 2.05) is 17.5 Å². The molecule has 0 bridgehead atoms. The zero-order valence-electron chi connectivity index (χ0n) is 14.9. The summed E-state index contributed by atoms with van der Waals surface area (Å²) in [6, 6.07) is 8.64. The van der Waals surface area contributed by atoms with E-state index in [0.717, 1.165) is 11.3 Å². The van der Waals surface area contributed by atoms with Gasteiger partial charge in [-0.15, -0.1) is 11.3 Å².